The minimum absolute atomic E-state index is 0.222. The van der Waals surface area contributed by atoms with Crippen molar-refractivity contribution in [1.82, 2.24) is 9.97 Å². The van der Waals surface area contributed by atoms with Crippen LogP contribution >= 0.6 is 22.9 Å². The summed E-state index contributed by atoms with van der Waals surface area (Å²) in [6.07, 6.45) is 0. The zero-order chi connectivity index (χ0) is 17.2. The molecule has 2 aromatic carbocycles. The van der Waals surface area contributed by atoms with E-state index in [1.807, 2.05) is 42.5 Å². The van der Waals surface area contributed by atoms with E-state index in [0.717, 1.165) is 32.1 Å². The molecule has 0 aliphatic heterocycles. The van der Waals surface area contributed by atoms with Crippen LogP contribution in [-0.2, 0) is 0 Å². The van der Waals surface area contributed by atoms with E-state index >= 15 is 0 Å². The molecule has 0 amide bonds. The summed E-state index contributed by atoms with van der Waals surface area (Å²) in [5.41, 5.74) is 2.02. The average molecular weight is 368 g/mol. The van der Waals surface area contributed by atoms with Gasteiger partial charge in [-0.25, -0.2) is 4.98 Å². The summed E-state index contributed by atoms with van der Waals surface area (Å²) in [6, 6.07) is 20.0. The number of nitrogens with one attached hydrogen (secondary N) is 1. The van der Waals surface area contributed by atoms with Gasteiger partial charge in [0.15, 0.2) is 0 Å². The summed E-state index contributed by atoms with van der Waals surface area (Å²) in [4.78, 5) is 10.7. The predicted octanol–water partition coefficient (Wildman–Crippen LogP) is 5.76. The molecule has 25 heavy (non-hydrogen) atoms. The van der Waals surface area contributed by atoms with Crippen LogP contribution in [0.25, 0.3) is 20.7 Å². The fraction of sp³-hybridized carbons (Fsp3) is 0.0526. The van der Waals surface area contributed by atoms with Crippen molar-refractivity contribution >= 4 is 44.7 Å². The Hall–Kier alpha value is -2.63. The normalized spacial score (nSPS) is 10.8. The number of thiophene rings is 1. The topological polar surface area (TPSA) is 47.0 Å². The van der Waals surface area contributed by atoms with Crippen LogP contribution in [0, 0.1) is 0 Å². The quantitative estimate of drug-likeness (QED) is 0.465. The van der Waals surface area contributed by atoms with Crippen LogP contribution in [0.2, 0.25) is 5.28 Å². The Kier molecular flexibility index (Phi) is 4.26. The van der Waals surface area contributed by atoms with Crippen molar-refractivity contribution in [3.63, 3.8) is 0 Å². The van der Waals surface area contributed by atoms with Gasteiger partial charge in [0.2, 0.25) is 5.28 Å². The second-order valence-electron chi connectivity index (χ2n) is 5.39. The van der Waals surface area contributed by atoms with Crippen LogP contribution < -0.4 is 10.1 Å². The lowest BCUT2D eigenvalue weighted by atomic mass is 10.2. The third kappa shape index (κ3) is 3.29. The molecule has 0 bridgehead atoms. The highest BCUT2D eigenvalue weighted by Gasteiger charge is 2.12. The van der Waals surface area contributed by atoms with E-state index in [0.29, 0.717) is 5.82 Å². The Bertz CT molecular complexity index is 1030. The molecule has 2 heterocycles. The molecule has 0 saturated heterocycles. The van der Waals surface area contributed by atoms with E-state index in [-0.39, 0.29) is 5.28 Å². The number of benzene rings is 2. The molecule has 0 radical (unpaired) electrons. The Morgan fingerprint density at radius 3 is 2.64 bits per heavy atom. The molecule has 0 spiro atoms. The summed E-state index contributed by atoms with van der Waals surface area (Å²) in [5.74, 6) is 1.46. The minimum atomic E-state index is 0.222. The molecule has 0 saturated carbocycles. The molecule has 0 atom stereocenters. The third-order valence-corrected chi connectivity index (χ3v) is 5.00. The minimum Gasteiger partial charge on any atom is -0.497 e. The molecule has 0 fully saturated rings. The summed E-state index contributed by atoms with van der Waals surface area (Å²) in [6.45, 7) is 0. The van der Waals surface area contributed by atoms with Gasteiger partial charge in [-0.2, -0.15) is 4.98 Å². The first-order valence-electron chi connectivity index (χ1n) is 7.66. The molecule has 0 aliphatic carbocycles. The van der Waals surface area contributed by atoms with E-state index in [1.165, 1.54) is 0 Å². The van der Waals surface area contributed by atoms with Gasteiger partial charge in [0, 0.05) is 16.6 Å². The SMILES string of the molecule is COc1cccc(Nc2nc(Cl)nc3sc(-c4ccccc4)cc23)c1. The molecule has 4 aromatic rings. The number of hydrogen-bond acceptors (Lipinski definition) is 5. The monoisotopic (exact) mass is 367 g/mol. The second-order valence-corrected chi connectivity index (χ2v) is 6.76. The predicted molar refractivity (Wildman–Crippen MR) is 104 cm³/mol. The van der Waals surface area contributed by atoms with Crippen molar-refractivity contribution in [2.45, 2.75) is 0 Å². The number of aromatic nitrogens is 2. The van der Waals surface area contributed by atoms with E-state index < -0.39 is 0 Å². The van der Waals surface area contributed by atoms with Crippen molar-refractivity contribution < 1.29 is 4.74 Å². The van der Waals surface area contributed by atoms with Gasteiger partial charge in [0.05, 0.1) is 12.5 Å². The number of ether oxygens (including phenoxy) is 1. The van der Waals surface area contributed by atoms with Crippen LogP contribution in [0.5, 0.6) is 5.75 Å². The standard InChI is InChI=1S/C19H14ClN3OS/c1-24-14-9-5-8-13(10-14)21-17-15-11-16(12-6-3-2-4-7-12)25-18(15)23-19(20)22-17/h2-11H,1H3,(H,21,22,23). The van der Waals surface area contributed by atoms with E-state index in [1.54, 1.807) is 18.4 Å². The molecule has 4 nitrogen and oxygen atoms in total. The first-order valence-corrected chi connectivity index (χ1v) is 8.86. The molecule has 0 aliphatic rings. The summed E-state index contributed by atoms with van der Waals surface area (Å²) in [7, 11) is 1.64. The van der Waals surface area contributed by atoms with Gasteiger partial charge in [-0.1, -0.05) is 36.4 Å². The van der Waals surface area contributed by atoms with Crippen molar-refractivity contribution in [3.8, 4) is 16.2 Å². The molecule has 6 heteroatoms. The van der Waals surface area contributed by atoms with Crippen molar-refractivity contribution in [2.24, 2.45) is 0 Å². The number of anilines is 2. The van der Waals surface area contributed by atoms with Gasteiger partial charge < -0.3 is 10.1 Å². The molecular formula is C19H14ClN3OS. The zero-order valence-electron chi connectivity index (χ0n) is 13.4. The highest BCUT2D eigenvalue weighted by Crippen LogP contribution is 2.37. The number of hydrogen-bond donors (Lipinski definition) is 1. The van der Waals surface area contributed by atoms with Gasteiger partial charge in [-0.05, 0) is 35.4 Å². The lowest BCUT2D eigenvalue weighted by Gasteiger charge is -2.08. The zero-order valence-corrected chi connectivity index (χ0v) is 14.9. The molecular weight excluding hydrogens is 354 g/mol. The lowest BCUT2D eigenvalue weighted by Crippen LogP contribution is -1.96. The fourth-order valence-electron chi connectivity index (χ4n) is 2.57. The molecule has 2 aromatic heterocycles. The Balaban J connectivity index is 1.79. The van der Waals surface area contributed by atoms with E-state index in [2.05, 4.69) is 33.5 Å². The summed E-state index contributed by atoms with van der Waals surface area (Å²) >= 11 is 7.72. The molecule has 4 rings (SSSR count). The second kappa shape index (κ2) is 6.70. The van der Waals surface area contributed by atoms with E-state index in [4.69, 9.17) is 16.3 Å². The Morgan fingerprint density at radius 1 is 1.00 bits per heavy atom. The first kappa shape index (κ1) is 15.9. The van der Waals surface area contributed by atoms with Gasteiger partial charge in [0.1, 0.15) is 16.4 Å². The summed E-state index contributed by atoms with van der Waals surface area (Å²) < 4.78 is 5.27. The number of methoxy groups -OCH3 is 1. The molecule has 0 unspecified atom stereocenters. The maximum Gasteiger partial charge on any atom is 0.225 e. The maximum absolute atomic E-state index is 6.12. The number of halogens is 1. The van der Waals surface area contributed by atoms with Crippen LogP contribution in [-0.4, -0.2) is 17.1 Å². The maximum atomic E-state index is 6.12. The van der Waals surface area contributed by atoms with Crippen LogP contribution in [0.3, 0.4) is 0 Å². The third-order valence-electron chi connectivity index (χ3n) is 3.76. The van der Waals surface area contributed by atoms with Crippen LogP contribution in [0.1, 0.15) is 0 Å². The highest BCUT2D eigenvalue weighted by atomic mass is 35.5. The van der Waals surface area contributed by atoms with Gasteiger partial charge >= 0.3 is 0 Å². The number of fused-ring (bicyclic) bond motifs is 1. The highest BCUT2D eigenvalue weighted by molar-refractivity contribution is 7.22. The summed E-state index contributed by atoms with van der Waals surface area (Å²) in [5, 5.41) is 4.48. The Labute approximate surface area is 154 Å². The van der Waals surface area contributed by atoms with Gasteiger partial charge in [0.25, 0.3) is 0 Å². The van der Waals surface area contributed by atoms with Crippen LogP contribution in [0.4, 0.5) is 11.5 Å². The van der Waals surface area contributed by atoms with Crippen molar-refractivity contribution in [2.75, 3.05) is 12.4 Å². The van der Waals surface area contributed by atoms with E-state index in [9.17, 15) is 0 Å². The molecule has 1 N–H and O–H groups in total. The van der Waals surface area contributed by atoms with Crippen molar-refractivity contribution in [1.29, 1.82) is 0 Å². The largest absolute Gasteiger partial charge is 0.497 e. The lowest BCUT2D eigenvalue weighted by molar-refractivity contribution is 0.415. The van der Waals surface area contributed by atoms with Crippen molar-refractivity contribution in [3.05, 3.63) is 65.9 Å². The van der Waals surface area contributed by atoms with Gasteiger partial charge in [-0.3, -0.25) is 0 Å². The Morgan fingerprint density at radius 2 is 1.84 bits per heavy atom. The molecule has 124 valence electrons. The van der Waals surface area contributed by atoms with Gasteiger partial charge in [-0.15, -0.1) is 11.3 Å². The number of rotatable bonds is 4. The average Bonchev–Trinajstić information content (AvgIpc) is 3.07. The first-order chi connectivity index (χ1) is 12.2. The van der Waals surface area contributed by atoms with Crippen LogP contribution in [0.15, 0.2) is 60.7 Å². The smallest absolute Gasteiger partial charge is 0.225 e. The number of nitrogens with zero attached hydrogens (tertiary/aromatic N) is 2. The fourth-order valence-corrected chi connectivity index (χ4v) is 3.83.